The minimum atomic E-state index is -0.159. The van der Waals surface area contributed by atoms with Crippen LogP contribution >= 0.6 is 0 Å². The lowest BCUT2D eigenvalue weighted by molar-refractivity contribution is -0.141. The molecule has 0 radical (unpaired) electrons. The molecule has 0 saturated carbocycles. The van der Waals surface area contributed by atoms with Gasteiger partial charge in [-0.1, -0.05) is 0 Å². The Morgan fingerprint density at radius 3 is 2.58 bits per heavy atom. The first-order chi connectivity index (χ1) is 9.26. The summed E-state index contributed by atoms with van der Waals surface area (Å²) in [5, 5.41) is 0. The standard InChI is InChI=1S/C13H26N2O4/c1-17-10-7-14(4-3-13(16)18-2)5-6-15-8-11-19-12-9-15/h3-12H2,1-2H3. The van der Waals surface area contributed by atoms with Gasteiger partial charge in [0.05, 0.1) is 33.4 Å². The number of esters is 1. The second-order valence-corrected chi connectivity index (χ2v) is 4.61. The van der Waals surface area contributed by atoms with E-state index in [-0.39, 0.29) is 5.97 Å². The molecule has 0 amide bonds. The molecule has 0 unspecified atom stereocenters. The van der Waals surface area contributed by atoms with Crippen molar-refractivity contribution in [2.45, 2.75) is 6.42 Å². The van der Waals surface area contributed by atoms with Crippen LogP contribution in [-0.4, -0.2) is 89.1 Å². The minimum absolute atomic E-state index is 0.159. The molecule has 0 spiro atoms. The molecule has 0 aromatic rings. The molecule has 1 fully saturated rings. The highest BCUT2D eigenvalue weighted by molar-refractivity contribution is 5.69. The van der Waals surface area contributed by atoms with E-state index in [0.717, 1.165) is 52.5 Å². The van der Waals surface area contributed by atoms with Crippen molar-refractivity contribution in [2.24, 2.45) is 0 Å². The summed E-state index contributed by atoms with van der Waals surface area (Å²) in [6.07, 6.45) is 0.434. The Balaban J connectivity index is 2.24. The Bertz CT molecular complexity index is 245. The maximum atomic E-state index is 11.2. The predicted octanol–water partition coefficient (Wildman–Crippen LogP) is -0.170. The Hall–Kier alpha value is -0.690. The molecule has 1 heterocycles. The molecule has 0 atom stereocenters. The fourth-order valence-corrected chi connectivity index (χ4v) is 2.01. The summed E-state index contributed by atoms with van der Waals surface area (Å²) >= 11 is 0. The first-order valence-corrected chi connectivity index (χ1v) is 6.84. The fraction of sp³-hybridized carbons (Fsp3) is 0.923. The number of hydrogen-bond acceptors (Lipinski definition) is 6. The average Bonchev–Trinajstić information content (AvgIpc) is 2.47. The van der Waals surface area contributed by atoms with Crippen LogP contribution in [0.5, 0.6) is 0 Å². The fourth-order valence-electron chi connectivity index (χ4n) is 2.01. The summed E-state index contributed by atoms with van der Waals surface area (Å²) in [6.45, 7) is 7.84. The van der Waals surface area contributed by atoms with Crippen molar-refractivity contribution in [3.63, 3.8) is 0 Å². The van der Waals surface area contributed by atoms with E-state index in [4.69, 9.17) is 9.47 Å². The van der Waals surface area contributed by atoms with Crippen molar-refractivity contribution < 1.29 is 19.0 Å². The number of morpholine rings is 1. The number of carbonyl (C=O) groups is 1. The number of nitrogens with zero attached hydrogens (tertiary/aromatic N) is 2. The van der Waals surface area contributed by atoms with Gasteiger partial charge in [0.15, 0.2) is 0 Å². The highest BCUT2D eigenvalue weighted by Crippen LogP contribution is 1.99. The van der Waals surface area contributed by atoms with Crippen LogP contribution in [0.15, 0.2) is 0 Å². The first kappa shape index (κ1) is 16.4. The van der Waals surface area contributed by atoms with Gasteiger partial charge >= 0.3 is 5.97 Å². The summed E-state index contributed by atoms with van der Waals surface area (Å²) in [5.41, 5.74) is 0. The van der Waals surface area contributed by atoms with Crippen LogP contribution in [0.4, 0.5) is 0 Å². The van der Waals surface area contributed by atoms with Crippen molar-refractivity contribution in [2.75, 3.05) is 73.3 Å². The predicted molar refractivity (Wildman–Crippen MR) is 72.2 cm³/mol. The Morgan fingerprint density at radius 1 is 1.21 bits per heavy atom. The van der Waals surface area contributed by atoms with Crippen LogP contribution in [0.1, 0.15) is 6.42 Å². The molecule has 0 aromatic carbocycles. The maximum Gasteiger partial charge on any atom is 0.306 e. The third-order valence-corrected chi connectivity index (χ3v) is 3.31. The number of ether oxygens (including phenoxy) is 3. The lowest BCUT2D eigenvalue weighted by atomic mass is 10.3. The third-order valence-electron chi connectivity index (χ3n) is 3.31. The van der Waals surface area contributed by atoms with Crippen molar-refractivity contribution >= 4 is 5.97 Å². The van der Waals surface area contributed by atoms with Crippen molar-refractivity contribution in [3.8, 4) is 0 Å². The molecule has 6 heteroatoms. The molecule has 112 valence electrons. The van der Waals surface area contributed by atoms with E-state index < -0.39 is 0 Å². The SMILES string of the molecule is COCCN(CCC(=O)OC)CCN1CCOCC1. The second kappa shape index (κ2) is 10.1. The smallest absolute Gasteiger partial charge is 0.306 e. The van der Waals surface area contributed by atoms with E-state index in [1.807, 2.05) is 0 Å². The lowest BCUT2D eigenvalue weighted by Crippen LogP contribution is -2.42. The summed E-state index contributed by atoms with van der Waals surface area (Å²) in [6, 6.07) is 0. The zero-order chi connectivity index (χ0) is 13.9. The van der Waals surface area contributed by atoms with E-state index in [0.29, 0.717) is 13.0 Å². The van der Waals surface area contributed by atoms with Gasteiger partial charge in [-0.2, -0.15) is 0 Å². The Kier molecular flexibility index (Phi) is 8.73. The molecule has 0 bridgehead atoms. The monoisotopic (exact) mass is 274 g/mol. The number of rotatable bonds is 9. The highest BCUT2D eigenvalue weighted by Gasteiger charge is 2.13. The van der Waals surface area contributed by atoms with Crippen LogP contribution in [0.3, 0.4) is 0 Å². The van der Waals surface area contributed by atoms with Crippen molar-refractivity contribution in [3.05, 3.63) is 0 Å². The van der Waals surface area contributed by atoms with Gasteiger partial charge in [-0.05, 0) is 0 Å². The number of hydrogen-bond donors (Lipinski definition) is 0. The number of methoxy groups -OCH3 is 2. The molecule has 19 heavy (non-hydrogen) atoms. The maximum absolute atomic E-state index is 11.2. The Morgan fingerprint density at radius 2 is 1.95 bits per heavy atom. The van der Waals surface area contributed by atoms with Crippen LogP contribution in [0.25, 0.3) is 0 Å². The lowest BCUT2D eigenvalue weighted by Gasteiger charge is -2.29. The summed E-state index contributed by atoms with van der Waals surface area (Å²) in [5.74, 6) is -0.159. The summed E-state index contributed by atoms with van der Waals surface area (Å²) in [7, 11) is 3.12. The quantitative estimate of drug-likeness (QED) is 0.544. The average molecular weight is 274 g/mol. The van der Waals surface area contributed by atoms with E-state index in [1.165, 1.54) is 7.11 Å². The van der Waals surface area contributed by atoms with Crippen LogP contribution < -0.4 is 0 Å². The molecule has 0 aromatic heterocycles. The first-order valence-electron chi connectivity index (χ1n) is 6.84. The van der Waals surface area contributed by atoms with Crippen LogP contribution in [-0.2, 0) is 19.0 Å². The van der Waals surface area contributed by atoms with Gasteiger partial charge in [0.2, 0.25) is 0 Å². The van der Waals surface area contributed by atoms with Gasteiger partial charge in [0.25, 0.3) is 0 Å². The molecule has 0 N–H and O–H groups in total. The van der Waals surface area contributed by atoms with E-state index in [9.17, 15) is 4.79 Å². The molecule has 1 aliphatic rings. The second-order valence-electron chi connectivity index (χ2n) is 4.61. The molecular weight excluding hydrogens is 248 g/mol. The van der Waals surface area contributed by atoms with Crippen LogP contribution in [0, 0.1) is 0 Å². The van der Waals surface area contributed by atoms with E-state index >= 15 is 0 Å². The molecule has 1 aliphatic heterocycles. The van der Waals surface area contributed by atoms with Crippen molar-refractivity contribution in [1.82, 2.24) is 9.80 Å². The zero-order valence-corrected chi connectivity index (χ0v) is 12.1. The van der Waals surface area contributed by atoms with Crippen molar-refractivity contribution in [1.29, 1.82) is 0 Å². The van der Waals surface area contributed by atoms with Gasteiger partial charge in [-0.25, -0.2) is 0 Å². The van der Waals surface area contributed by atoms with Gasteiger partial charge in [0.1, 0.15) is 0 Å². The third kappa shape index (κ3) is 7.47. The minimum Gasteiger partial charge on any atom is -0.469 e. The van der Waals surface area contributed by atoms with Gasteiger partial charge in [0, 0.05) is 46.4 Å². The summed E-state index contributed by atoms with van der Waals surface area (Å²) < 4.78 is 15.1. The summed E-state index contributed by atoms with van der Waals surface area (Å²) in [4.78, 5) is 15.8. The Labute approximate surface area is 115 Å². The topological polar surface area (TPSA) is 51.2 Å². The number of carbonyl (C=O) groups excluding carboxylic acids is 1. The molecule has 1 saturated heterocycles. The zero-order valence-electron chi connectivity index (χ0n) is 12.1. The molecule has 6 nitrogen and oxygen atoms in total. The van der Waals surface area contributed by atoms with E-state index in [1.54, 1.807) is 7.11 Å². The molecule has 0 aliphatic carbocycles. The van der Waals surface area contributed by atoms with Gasteiger partial charge in [-0.15, -0.1) is 0 Å². The van der Waals surface area contributed by atoms with E-state index in [2.05, 4.69) is 14.5 Å². The normalized spacial score (nSPS) is 16.8. The van der Waals surface area contributed by atoms with Gasteiger partial charge in [-0.3, -0.25) is 14.6 Å². The van der Waals surface area contributed by atoms with Gasteiger partial charge < -0.3 is 14.2 Å². The highest BCUT2D eigenvalue weighted by atomic mass is 16.5. The van der Waals surface area contributed by atoms with Crippen LogP contribution in [0.2, 0.25) is 0 Å². The largest absolute Gasteiger partial charge is 0.469 e. The molecule has 1 rings (SSSR count). The molecular formula is C13H26N2O4.